The fourth-order valence-electron chi connectivity index (χ4n) is 2.35. The molecule has 1 heterocycles. The Hall–Kier alpha value is -3.14. The summed E-state index contributed by atoms with van der Waals surface area (Å²) < 4.78 is 15.1. The van der Waals surface area contributed by atoms with Crippen LogP contribution in [-0.4, -0.2) is 38.1 Å². The van der Waals surface area contributed by atoms with Gasteiger partial charge in [-0.3, -0.25) is 19.7 Å². The minimum absolute atomic E-state index is 0.120. The predicted octanol–water partition coefficient (Wildman–Crippen LogP) is 2.71. The molecule has 0 aliphatic carbocycles. The highest BCUT2D eigenvalue weighted by atomic mass is 32.1. The number of nitrogens with one attached hydrogen (secondary N) is 1. The Morgan fingerprint density at radius 1 is 1.15 bits per heavy atom. The monoisotopic (exact) mass is 394 g/mol. The number of nitro groups is 1. The van der Waals surface area contributed by atoms with Gasteiger partial charge in [0.2, 0.25) is 0 Å². The van der Waals surface area contributed by atoms with Gasteiger partial charge in [0.05, 0.1) is 43.6 Å². The Balaban J connectivity index is 2.29. The van der Waals surface area contributed by atoms with Gasteiger partial charge in [0.15, 0.2) is 11.5 Å². The van der Waals surface area contributed by atoms with Gasteiger partial charge < -0.3 is 19.5 Å². The number of hydrogen-bond acceptors (Lipinski definition) is 8. The van der Waals surface area contributed by atoms with Crippen molar-refractivity contribution in [3.8, 4) is 11.5 Å². The molecule has 0 saturated heterocycles. The van der Waals surface area contributed by atoms with Gasteiger partial charge in [-0.15, -0.1) is 0 Å². The summed E-state index contributed by atoms with van der Waals surface area (Å²) in [6.07, 6.45) is -0.120. The molecule has 1 atom stereocenters. The number of methoxy groups -OCH3 is 3. The molecule has 0 unspecified atom stereocenters. The van der Waals surface area contributed by atoms with Crippen LogP contribution in [-0.2, 0) is 9.53 Å². The second kappa shape index (κ2) is 8.99. The average Bonchev–Trinajstić information content (AvgIpc) is 3.17. The van der Waals surface area contributed by atoms with Crippen LogP contribution in [0.2, 0.25) is 0 Å². The summed E-state index contributed by atoms with van der Waals surface area (Å²) >= 11 is 0.753. The van der Waals surface area contributed by atoms with Crippen LogP contribution in [0.1, 0.15) is 27.7 Å². The van der Waals surface area contributed by atoms with E-state index in [0.717, 1.165) is 11.3 Å². The molecule has 27 heavy (non-hydrogen) atoms. The number of rotatable bonds is 8. The highest BCUT2D eigenvalue weighted by Crippen LogP contribution is 2.31. The van der Waals surface area contributed by atoms with Gasteiger partial charge in [-0.2, -0.15) is 0 Å². The molecule has 0 bridgehead atoms. The van der Waals surface area contributed by atoms with E-state index in [2.05, 4.69) is 5.32 Å². The van der Waals surface area contributed by atoms with Gasteiger partial charge >= 0.3 is 11.0 Å². The largest absolute Gasteiger partial charge is 0.493 e. The molecule has 1 amide bonds. The van der Waals surface area contributed by atoms with Gasteiger partial charge in [0, 0.05) is 6.07 Å². The summed E-state index contributed by atoms with van der Waals surface area (Å²) in [5.41, 5.74) is 0.595. The van der Waals surface area contributed by atoms with Crippen LogP contribution in [0.5, 0.6) is 11.5 Å². The first-order valence-corrected chi connectivity index (χ1v) is 8.55. The summed E-state index contributed by atoms with van der Waals surface area (Å²) in [5, 5.41) is 13.4. The molecule has 0 saturated carbocycles. The quantitative estimate of drug-likeness (QED) is 0.415. The molecular weight excluding hydrogens is 376 g/mol. The van der Waals surface area contributed by atoms with Gasteiger partial charge in [-0.1, -0.05) is 17.4 Å². The molecule has 0 aliphatic heterocycles. The Labute approximate surface area is 159 Å². The Bertz CT molecular complexity index is 850. The number of benzene rings is 1. The van der Waals surface area contributed by atoms with Gasteiger partial charge in [0.1, 0.15) is 0 Å². The zero-order chi connectivity index (χ0) is 20.0. The molecule has 1 aromatic heterocycles. The maximum absolute atomic E-state index is 12.5. The zero-order valence-electron chi connectivity index (χ0n) is 14.9. The van der Waals surface area contributed by atoms with Crippen LogP contribution < -0.4 is 14.8 Å². The molecule has 2 rings (SSSR count). The topological polar surface area (TPSA) is 117 Å². The van der Waals surface area contributed by atoms with E-state index in [9.17, 15) is 19.7 Å². The van der Waals surface area contributed by atoms with Gasteiger partial charge in [-0.25, -0.2) is 0 Å². The van der Waals surface area contributed by atoms with E-state index in [1.165, 1.54) is 33.5 Å². The number of hydrogen-bond donors (Lipinski definition) is 1. The number of thiophene rings is 1. The lowest BCUT2D eigenvalue weighted by Gasteiger charge is -2.19. The number of nitrogens with zero attached hydrogens (tertiary/aromatic N) is 1. The molecule has 144 valence electrons. The van der Waals surface area contributed by atoms with Crippen LogP contribution in [0, 0.1) is 10.1 Å². The Morgan fingerprint density at radius 2 is 1.85 bits per heavy atom. The third-order valence-corrected chi connectivity index (χ3v) is 4.74. The Morgan fingerprint density at radius 3 is 2.41 bits per heavy atom. The normalized spacial score (nSPS) is 11.4. The molecule has 0 radical (unpaired) electrons. The number of ether oxygens (including phenoxy) is 3. The third kappa shape index (κ3) is 4.94. The van der Waals surface area contributed by atoms with E-state index in [4.69, 9.17) is 14.2 Å². The summed E-state index contributed by atoms with van der Waals surface area (Å²) in [5.74, 6) is -0.117. The van der Waals surface area contributed by atoms with Crippen molar-refractivity contribution >= 4 is 28.2 Å². The highest BCUT2D eigenvalue weighted by molar-refractivity contribution is 7.17. The number of esters is 1. The minimum Gasteiger partial charge on any atom is -0.493 e. The van der Waals surface area contributed by atoms with Crippen molar-refractivity contribution in [1.82, 2.24) is 5.32 Å². The summed E-state index contributed by atoms with van der Waals surface area (Å²) in [6.45, 7) is 0. The maximum atomic E-state index is 12.5. The van der Waals surface area contributed by atoms with Crippen molar-refractivity contribution in [2.45, 2.75) is 12.5 Å². The van der Waals surface area contributed by atoms with Crippen LogP contribution in [0.25, 0.3) is 0 Å². The first kappa shape index (κ1) is 20.2. The lowest BCUT2D eigenvalue weighted by molar-refractivity contribution is -0.380. The van der Waals surface area contributed by atoms with Crippen LogP contribution in [0.3, 0.4) is 0 Å². The maximum Gasteiger partial charge on any atom is 0.324 e. The van der Waals surface area contributed by atoms with Crippen molar-refractivity contribution < 1.29 is 28.7 Å². The van der Waals surface area contributed by atoms with Crippen LogP contribution in [0.4, 0.5) is 5.00 Å². The van der Waals surface area contributed by atoms with Crippen molar-refractivity contribution in [3.05, 3.63) is 50.9 Å². The number of carbonyl (C=O) groups is 2. The number of carbonyl (C=O) groups excluding carboxylic acids is 2. The number of amides is 1. The first-order valence-electron chi connectivity index (χ1n) is 7.73. The third-order valence-electron chi connectivity index (χ3n) is 3.71. The molecule has 2 aromatic rings. The molecule has 10 heteroatoms. The van der Waals surface area contributed by atoms with Crippen molar-refractivity contribution in [3.63, 3.8) is 0 Å². The predicted molar refractivity (Wildman–Crippen MR) is 97.4 cm³/mol. The molecular formula is C17H18N2O7S. The highest BCUT2D eigenvalue weighted by Gasteiger charge is 2.23. The molecule has 0 spiro atoms. The SMILES string of the molecule is COC(=O)C[C@@H](NC(=O)c1ccc([N+](=O)[O-])s1)c1ccc(OC)c(OC)c1. The fraction of sp³-hybridized carbons (Fsp3) is 0.294. The fourth-order valence-corrected chi connectivity index (χ4v) is 3.07. The van der Waals surface area contributed by atoms with E-state index in [0.29, 0.717) is 17.1 Å². The lowest BCUT2D eigenvalue weighted by Crippen LogP contribution is -2.30. The zero-order valence-corrected chi connectivity index (χ0v) is 15.7. The minimum atomic E-state index is -0.717. The lowest BCUT2D eigenvalue weighted by atomic mass is 10.0. The van der Waals surface area contributed by atoms with E-state index >= 15 is 0 Å². The van der Waals surface area contributed by atoms with E-state index in [1.54, 1.807) is 18.2 Å². The summed E-state index contributed by atoms with van der Waals surface area (Å²) in [6, 6.07) is 6.88. The van der Waals surface area contributed by atoms with Crippen molar-refractivity contribution in [1.29, 1.82) is 0 Å². The van der Waals surface area contributed by atoms with E-state index in [1.807, 2.05) is 0 Å². The van der Waals surface area contributed by atoms with Gasteiger partial charge in [0.25, 0.3) is 5.91 Å². The van der Waals surface area contributed by atoms with E-state index in [-0.39, 0.29) is 16.3 Å². The molecule has 1 aromatic carbocycles. The van der Waals surface area contributed by atoms with Crippen molar-refractivity contribution in [2.75, 3.05) is 21.3 Å². The second-order valence-corrected chi connectivity index (χ2v) is 6.38. The first-order chi connectivity index (χ1) is 12.9. The molecule has 0 fully saturated rings. The van der Waals surface area contributed by atoms with Crippen LogP contribution in [0.15, 0.2) is 30.3 Å². The Kier molecular flexibility index (Phi) is 6.72. The molecule has 9 nitrogen and oxygen atoms in total. The second-order valence-electron chi connectivity index (χ2n) is 5.32. The smallest absolute Gasteiger partial charge is 0.324 e. The summed E-state index contributed by atoms with van der Waals surface area (Å²) in [7, 11) is 4.22. The molecule has 0 aliphatic rings. The van der Waals surface area contributed by atoms with E-state index < -0.39 is 22.8 Å². The van der Waals surface area contributed by atoms with Gasteiger partial charge in [-0.05, 0) is 23.8 Å². The molecule has 1 N–H and O–H groups in total. The van der Waals surface area contributed by atoms with Crippen LogP contribution >= 0.6 is 11.3 Å². The van der Waals surface area contributed by atoms with Crippen molar-refractivity contribution in [2.24, 2.45) is 0 Å². The average molecular weight is 394 g/mol. The summed E-state index contributed by atoms with van der Waals surface area (Å²) in [4.78, 5) is 34.6. The standard InChI is InChI=1S/C17H18N2O7S/c1-24-12-5-4-10(8-13(12)25-2)11(9-16(20)26-3)18-17(21)14-6-7-15(27-14)19(22)23/h4-8,11H,9H2,1-3H3,(H,18,21)/t11-/m1/s1.